The van der Waals surface area contributed by atoms with Gasteiger partial charge >= 0.3 is 0 Å². The second-order valence-electron chi connectivity index (χ2n) is 5.72. The molecule has 0 bridgehead atoms. The molecule has 0 saturated carbocycles. The molecule has 1 amide bonds. The first-order valence-corrected chi connectivity index (χ1v) is 8.07. The molecule has 0 unspecified atom stereocenters. The normalized spacial score (nSPS) is 10.6. The first-order valence-electron chi connectivity index (χ1n) is 8.07. The van der Waals surface area contributed by atoms with Gasteiger partial charge in [0.05, 0.1) is 11.1 Å². The Labute approximate surface area is 149 Å². The van der Waals surface area contributed by atoms with E-state index >= 15 is 0 Å². The predicted molar refractivity (Wildman–Crippen MR) is 101 cm³/mol. The van der Waals surface area contributed by atoms with Crippen molar-refractivity contribution >= 4 is 28.6 Å². The topological polar surface area (TPSA) is 93.0 Å². The number of carbonyl (C=O) groups is 1. The molecule has 1 heterocycles. The van der Waals surface area contributed by atoms with Crippen molar-refractivity contribution in [2.24, 2.45) is 0 Å². The zero-order valence-electron chi connectivity index (χ0n) is 13.8. The van der Waals surface area contributed by atoms with Gasteiger partial charge in [-0.15, -0.1) is 0 Å². The van der Waals surface area contributed by atoms with Crippen molar-refractivity contribution in [3.8, 4) is 11.5 Å². The van der Waals surface area contributed by atoms with Crippen LogP contribution in [-0.2, 0) is 0 Å². The molecule has 3 aromatic carbocycles. The van der Waals surface area contributed by atoms with Gasteiger partial charge < -0.3 is 20.8 Å². The standard InChI is InChI=1S/C20H16N4O2/c21-20-23-17-11-5-10-16(18(17)24-20)19(25)22-13-6-4-9-15(12-13)26-14-7-2-1-3-8-14/h1-12H,(H,22,25)(H3,21,23,24). The van der Waals surface area contributed by atoms with Gasteiger partial charge in [0.2, 0.25) is 0 Å². The number of imidazole rings is 1. The molecule has 26 heavy (non-hydrogen) atoms. The highest BCUT2D eigenvalue weighted by atomic mass is 16.5. The third-order valence-electron chi connectivity index (χ3n) is 3.85. The minimum atomic E-state index is -0.265. The Kier molecular flexibility index (Phi) is 3.99. The zero-order chi connectivity index (χ0) is 17.9. The van der Waals surface area contributed by atoms with Gasteiger partial charge in [-0.25, -0.2) is 4.98 Å². The molecule has 128 valence electrons. The average Bonchev–Trinajstić information content (AvgIpc) is 3.03. The fourth-order valence-corrected chi connectivity index (χ4v) is 2.69. The second kappa shape index (κ2) is 6.60. The number of nitrogens with two attached hydrogens (primary N) is 1. The molecule has 0 spiro atoms. The van der Waals surface area contributed by atoms with E-state index in [4.69, 9.17) is 10.5 Å². The quantitative estimate of drug-likeness (QED) is 0.517. The van der Waals surface area contributed by atoms with E-state index in [9.17, 15) is 4.79 Å². The summed E-state index contributed by atoms with van der Waals surface area (Å²) in [6.07, 6.45) is 0. The molecule has 6 heteroatoms. The van der Waals surface area contributed by atoms with E-state index in [0.717, 1.165) is 11.3 Å². The van der Waals surface area contributed by atoms with E-state index < -0.39 is 0 Å². The summed E-state index contributed by atoms with van der Waals surface area (Å²) in [7, 11) is 0. The van der Waals surface area contributed by atoms with Crippen LogP contribution in [0.15, 0.2) is 72.8 Å². The number of fused-ring (bicyclic) bond motifs is 1. The highest BCUT2D eigenvalue weighted by Crippen LogP contribution is 2.25. The third-order valence-corrected chi connectivity index (χ3v) is 3.85. The molecule has 0 radical (unpaired) electrons. The van der Waals surface area contributed by atoms with Crippen molar-refractivity contribution in [2.45, 2.75) is 0 Å². The second-order valence-corrected chi connectivity index (χ2v) is 5.72. The summed E-state index contributed by atoms with van der Waals surface area (Å²) in [6, 6.07) is 22.0. The fourth-order valence-electron chi connectivity index (χ4n) is 2.69. The Hall–Kier alpha value is -3.80. The van der Waals surface area contributed by atoms with Crippen LogP contribution in [0.1, 0.15) is 10.4 Å². The third kappa shape index (κ3) is 3.21. The number of carbonyl (C=O) groups excluding carboxylic acids is 1. The molecule has 0 aliphatic rings. The maximum Gasteiger partial charge on any atom is 0.257 e. The van der Waals surface area contributed by atoms with Crippen LogP contribution in [-0.4, -0.2) is 15.9 Å². The lowest BCUT2D eigenvalue weighted by Crippen LogP contribution is -2.12. The summed E-state index contributed by atoms with van der Waals surface area (Å²) in [5, 5.41) is 2.87. The summed E-state index contributed by atoms with van der Waals surface area (Å²) >= 11 is 0. The van der Waals surface area contributed by atoms with Crippen LogP contribution < -0.4 is 15.8 Å². The van der Waals surface area contributed by atoms with Crippen molar-refractivity contribution in [3.05, 3.63) is 78.4 Å². The number of aromatic nitrogens is 2. The van der Waals surface area contributed by atoms with Crippen LogP contribution in [0.2, 0.25) is 0 Å². The van der Waals surface area contributed by atoms with Crippen molar-refractivity contribution in [2.75, 3.05) is 11.1 Å². The molecule has 4 rings (SSSR count). The number of ether oxygens (including phenoxy) is 1. The number of benzene rings is 3. The molecule has 0 aliphatic carbocycles. The van der Waals surface area contributed by atoms with Gasteiger partial charge in [-0.05, 0) is 36.4 Å². The molecule has 4 aromatic rings. The van der Waals surface area contributed by atoms with Gasteiger partial charge in [-0.3, -0.25) is 4.79 Å². The maximum atomic E-state index is 12.7. The lowest BCUT2D eigenvalue weighted by Gasteiger charge is -2.09. The zero-order valence-corrected chi connectivity index (χ0v) is 13.8. The maximum absolute atomic E-state index is 12.7. The largest absolute Gasteiger partial charge is 0.457 e. The van der Waals surface area contributed by atoms with Crippen LogP contribution in [0.25, 0.3) is 11.0 Å². The number of nitrogens with one attached hydrogen (secondary N) is 2. The van der Waals surface area contributed by atoms with Gasteiger partial charge in [0.1, 0.15) is 17.0 Å². The van der Waals surface area contributed by atoms with Crippen LogP contribution >= 0.6 is 0 Å². The Balaban J connectivity index is 1.57. The van der Waals surface area contributed by atoms with E-state index in [2.05, 4.69) is 15.3 Å². The monoisotopic (exact) mass is 344 g/mol. The lowest BCUT2D eigenvalue weighted by molar-refractivity contribution is 0.102. The van der Waals surface area contributed by atoms with E-state index in [-0.39, 0.29) is 11.9 Å². The van der Waals surface area contributed by atoms with Crippen molar-refractivity contribution in [3.63, 3.8) is 0 Å². The van der Waals surface area contributed by atoms with Crippen LogP contribution in [0, 0.1) is 0 Å². The van der Waals surface area contributed by atoms with Gasteiger partial charge in [0.15, 0.2) is 5.95 Å². The van der Waals surface area contributed by atoms with E-state index in [1.165, 1.54) is 0 Å². The number of hydrogen-bond acceptors (Lipinski definition) is 4. The number of hydrogen-bond donors (Lipinski definition) is 3. The van der Waals surface area contributed by atoms with Crippen molar-refractivity contribution in [1.29, 1.82) is 0 Å². The minimum absolute atomic E-state index is 0.265. The minimum Gasteiger partial charge on any atom is -0.457 e. The molecule has 0 atom stereocenters. The van der Waals surface area contributed by atoms with Crippen LogP contribution in [0.5, 0.6) is 11.5 Å². The highest BCUT2D eigenvalue weighted by Gasteiger charge is 2.13. The highest BCUT2D eigenvalue weighted by molar-refractivity contribution is 6.11. The van der Waals surface area contributed by atoms with Crippen LogP contribution in [0.3, 0.4) is 0 Å². The molecular weight excluding hydrogens is 328 g/mol. The lowest BCUT2D eigenvalue weighted by atomic mass is 10.1. The number of nitrogen functional groups attached to an aromatic ring is 1. The van der Waals surface area contributed by atoms with E-state index in [1.54, 1.807) is 24.3 Å². The van der Waals surface area contributed by atoms with Gasteiger partial charge in [-0.1, -0.05) is 30.3 Å². The Bertz CT molecular complexity index is 1070. The summed E-state index contributed by atoms with van der Waals surface area (Å²) in [5.41, 5.74) is 8.03. The molecule has 0 fully saturated rings. The van der Waals surface area contributed by atoms with E-state index in [0.29, 0.717) is 22.5 Å². The van der Waals surface area contributed by atoms with Gasteiger partial charge in [-0.2, -0.15) is 0 Å². The number of anilines is 2. The van der Waals surface area contributed by atoms with Gasteiger partial charge in [0.25, 0.3) is 5.91 Å². The number of amides is 1. The summed E-state index contributed by atoms with van der Waals surface area (Å²) in [5.74, 6) is 1.38. The van der Waals surface area contributed by atoms with Crippen molar-refractivity contribution in [1.82, 2.24) is 9.97 Å². The molecule has 1 aromatic heterocycles. The number of nitrogens with zero attached hydrogens (tertiary/aromatic N) is 1. The Morgan fingerprint density at radius 2 is 1.73 bits per heavy atom. The molecular formula is C20H16N4O2. The summed E-state index contributed by atoms with van der Waals surface area (Å²) in [4.78, 5) is 19.8. The summed E-state index contributed by atoms with van der Waals surface area (Å²) in [6.45, 7) is 0. The number of rotatable bonds is 4. The van der Waals surface area contributed by atoms with Gasteiger partial charge in [0, 0.05) is 11.8 Å². The first kappa shape index (κ1) is 15.7. The SMILES string of the molecule is Nc1nc2c(C(=O)Nc3cccc(Oc4ccccc4)c3)cccc2[nH]1. The van der Waals surface area contributed by atoms with E-state index in [1.807, 2.05) is 48.5 Å². The first-order chi connectivity index (χ1) is 12.7. The average molecular weight is 344 g/mol. The summed E-state index contributed by atoms with van der Waals surface area (Å²) < 4.78 is 5.79. The Morgan fingerprint density at radius 3 is 2.58 bits per heavy atom. The predicted octanol–water partition coefficient (Wildman–Crippen LogP) is 4.19. The molecule has 0 aliphatic heterocycles. The van der Waals surface area contributed by atoms with Crippen LogP contribution in [0.4, 0.5) is 11.6 Å². The molecule has 0 saturated heterocycles. The number of para-hydroxylation sites is 2. The number of H-pyrrole nitrogens is 1. The molecule has 4 N–H and O–H groups in total. The smallest absolute Gasteiger partial charge is 0.257 e. The Morgan fingerprint density at radius 1 is 0.962 bits per heavy atom. The number of aromatic amines is 1. The molecule has 6 nitrogen and oxygen atoms in total. The fraction of sp³-hybridized carbons (Fsp3) is 0. The van der Waals surface area contributed by atoms with Crippen molar-refractivity contribution < 1.29 is 9.53 Å².